The van der Waals surface area contributed by atoms with Gasteiger partial charge in [0.25, 0.3) is 0 Å². The van der Waals surface area contributed by atoms with Gasteiger partial charge in [0, 0.05) is 29.4 Å². The van der Waals surface area contributed by atoms with Gasteiger partial charge in [0.2, 0.25) is 6.79 Å². The number of thiophene rings is 1. The van der Waals surface area contributed by atoms with E-state index in [2.05, 4.69) is 15.3 Å². The quantitative estimate of drug-likeness (QED) is 0.484. The highest BCUT2D eigenvalue weighted by Crippen LogP contribution is 2.33. The molecule has 5 rings (SSSR count). The third-order valence-electron chi connectivity index (χ3n) is 4.96. The highest BCUT2D eigenvalue weighted by atomic mass is 32.1. The predicted molar refractivity (Wildman–Crippen MR) is 114 cm³/mol. The van der Waals surface area contributed by atoms with E-state index >= 15 is 0 Å². The standard InChI is InChI=1S/C22H17N3O4S/c1-12-6-16(22(26)27)15(20-24-10-14-4-5-30-21(14)25-20)8-17(12)23-9-13-2-3-18-19(7-13)29-11-28-18/h2-8,10,23H,9,11H2,1H3,(H,26,27). The van der Waals surface area contributed by atoms with Crippen LogP contribution < -0.4 is 14.8 Å². The summed E-state index contributed by atoms with van der Waals surface area (Å²) >= 11 is 1.50. The molecule has 8 heteroatoms. The highest BCUT2D eigenvalue weighted by Gasteiger charge is 2.18. The maximum Gasteiger partial charge on any atom is 0.336 e. The van der Waals surface area contributed by atoms with E-state index in [4.69, 9.17) is 9.47 Å². The van der Waals surface area contributed by atoms with Crippen LogP contribution >= 0.6 is 11.3 Å². The number of carboxylic acids is 1. The lowest BCUT2D eigenvalue weighted by Crippen LogP contribution is -2.06. The van der Waals surface area contributed by atoms with Crippen molar-refractivity contribution in [3.63, 3.8) is 0 Å². The van der Waals surface area contributed by atoms with Crippen LogP contribution in [0.3, 0.4) is 0 Å². The second-order valence-corrected chi connectivity index (χ2v) is 7.83. The lowest BCUT2D eigenvalue weighted by atomic mass is 10.0. The van der Waals surface area contributed by atoms with Crippen LogP contribution in [-0.4, -0.2) is 27.8 Å². The Hall–Kier alpha value is -3.65. The molecular weight excluding hydrogens is 402 g/mol. The number of fused-ring (bicyclic) bond motifs is 2. The molecule has 2 N–H and O–H groups in total. The van der Waals surface area contributed by atoms with Crippen molar-refractivity contribution in [1.82, 2.24) is 9.97 Å². The van der Waals surface area contributed by atoms with E-state index in [9.17, 15) is 9.90 Å². The van der Waals surface area contributed by atoms with E-state index in [1.807, 2.05) is 36.6 Å². The Morgan fingerprint density at radius 1 is 1.20 bits per heavy atom. The molecule has 0 radical (unpaired) electrons. The number of anilines is 1. The number of nitrogens with one attached hydrogen (secondary N) is 1. The summed E-state index contributed by atoms with van der Waals surface area (Å²) in [4.78, 5) is 21.6. The lowest BCUT2D eigenvalue weighted by molar-refractivity contribution is 0.0697. The molecule has 0 spiro atoms. The molecule has 0 amide bonds. The number of benzene rings is 2. The molecule has 0 saturated heterocycles. The molecule has 30 heavy (non-hydrogen) atoms. The molecule has 4 aromatic rings. The van der Waals surface area contributed by atoms with Crippen LogP contribution in [0.4, 0.5) is 5.69 Å². The molecule has 0 fully saturated rings. The Balaban J connectivity index is 1.49. The average Bonchev–Trinajstić information content (AvgIpc) is 3.40. The van der Waals surface area contributed by atoms with E-state index in [1.165, 1.54) is 11.3 Å². The number of nitrogens with zero attached hydrogens (tertiary/aromatic N) is 2. The average molecular weight is 419 g/mol. The first-order valence-electron chi connectivity index (χ1n) is 9.29. The van der Waals surface area contributed by atoms with Crippen LogP contribution in [-0.2, 0) is 6.54 Å². The van der Waals surface area contributed by atoms with Crippen molar-refractivity contribution in [2.24, 2.45) is 0 Å². The molecule has 7 nitrogen and oxygen atoms in total. The zero-order valence-electron chi connectivity index (χ0n) is 16.0. The second kappa shape index (κ2) is 7.31. The topological polar surface area (TPSA) is 93.6 Å². The van der Waals surface area contributed by atoms with Gasteiger partial charge in [-0.15, -0.1) is 11.3 Å². The molecule has 0 saturated carbocycles. The van der Waals surface area contributed by atoms with Gasteiger partial charge in [0.1, 0.15) is 4.83 Å². The number of aromatic nitrogens is 2. The zero-order chi connectivity index (χ0) is 20.7. The molecule has 1 aliphatic heterocycles. The molecule has 150 valence electrons. The van der Waals surface area contributed by atoms with Crippen LogP contribution in [0.2, 0.25) is 0 Å². The smallest absolute Gasteiger partial charge is 0.336 e. The maximum absolute atomic E-state index is 11.9. The van der Waals surface area contributed by atoms with Crippen molar-refractivity contribution < 1.29 is 19.4 Å². The minimum absolute atomic E-state index is 0.178. The SMILES string of the molecule is Cc1cc(C(=O)O)c(-c2ncc3ccsc3n2)cc1NCc1ccc2c(c1)OCO2. The third-order valence-corrected chi connectivity index (χ3v) is 5.79. The normalized spacial score (nSPS) is 12.3. The summed E-state index contributed by atoms with van der Waals surface area (Å²) in [5, 5.41) is 16.0. The van der Waals surface area contributed by atoms with Gasteiger partial charge in [-0.2, -0.15) is 0 Å². The number of rotatable bonds is 5. The van der Waals surface area contributed by atoms with Crippen LogP contribution in [0.15, 0.2) is 48.0 Å². The van der Waals surface area contributed by atoms with Gasteiger partial charge in [-0.3, -0.25) is 0 Å². The fraction of sp³-hybridized carbons (Fsp3) is 0.136. The Morgan fingerprint density at radius 3 is 2.93 bits per heavy atom. The summed E-state index contributed by atoms with van der Waals surface area (Å²) in [5.74, 6) is 0.855. The Kier molecular flexibility index (Phi) is 4.48. The largest absolute Gasteiger partial charge is 0.478 e. The summed E-state index contributed by atoms with van der Waals surface area (Å²) in [7, 11) is 0. The second-order valence-electron chi connectivity index (χ2n) is 6.93. The predicted octanol–water partition coefficient (Wildman–Crippen LogP) is 4.71. The Labute approximate surface area is 175 Å². The van der Waals surface area contributed by atoms with Crippen LogP contribution in [0.1, 0.15) is 21.5 Å². The zero-order valence-corrected chi connectivity index (χ0v) is 16.8. The van der Waals surface area contributed by atoms with Gasteiger partial charge in [-0.25, -0.2) is 14.8 Å². The highest BCUT2D eigenvalue weighted by molar-refractivity contribution is 7.16. The molecule has 0 unspecified atom stereocenters. The third kappa shape index (κ3) is 3.31. The number of carboxylic acid groups (broad SMARTS) is 1. The van der Waals surface area contributed by atoms with Gasteiger partial charge in [-0.1, -0.05) is 6.07 Å². The van der Waals surface area contributed by atoms with Crippen molar-refractivity contribution in [2.75, 3.05) is 12.1 Å². The van der Waals surface area contributed by atoms with E-state index in [0.29, 0.717) is 17.9 Å². The van der Waals surface area contributed by atoms with E-state index in [-0.39, 0.29) is 12.4 Å². The molecular formula is C22H17N3O4S. The van der Waals surface area contributed by atoms with Crippen molar-refractivity contribution in [1.29, 1.82) is 0 Å². The van der Waals surface area contributed by atoms with E-state index < -0.39 is 5.97 Å². The molecule has 0 bridgehead atoms. The lowest BCUT2D eigenvalue weighted by Gasteiger charge is -2.14. The summed E-state index contributed by atoms with van der Waals surface area (Å²) in [6, 6.07) is 11.2. The molecule has 2 aromatic carbocycles. The van der Waals surface area contributed by atoms with Gasteiger partial charge < -0.3 is 19.9 Å². The fourth-order valence-corrected chi connectivity index (χ4v) is 4.13. The van der Waals surface area contributed by atoms with Crippen molar-refractivity contribution in [2.45, 2.75) is 13.5 Å². The molecule has 2 aromatic heterocycles. The summed E-state index contributed by atoms with van der Waals surface area (Å²) in [6.45, 7) is 2.66. The Morgan fingerprint density at radius 2 is 2.07 bits per heavy atom. The van der Waals surface area contributed by atoms with Crippen LogP contribution in [0.25, 0.3) is 21.6 Å². The first-order chi connectivity index (χ1) is 14.6. The van der Waals surface area contributed by atoms with Gasteiger partial charge in [0.05, 0.1) is 5.56 Å². The number of ether oxygens (including phenoxy) is 2. The number of aryl methyl sites for hydroxylation is 1. The minimum Gasteiger partial charge on any atom is -0.478 e. The summed E-state index contributed by atoms with van der Waals surface area (Å²) in [5.41, 5.74) is 3.34. The first-order valence-corrected chi connectivity index (χ1v) is 10.2. The molecule has 0 aliphatic carbocycles. The summed E-state index contributed by atoms with van der Waals surface area (Å²) < 4.78 is 10.8. The van der Waals surface area contributed by atoms with Gasteiger partial charge in [0.15, 0.2) is 17.3 Å². The van der Waals surface area contributed by atoms with E-state index in [1.54, 1.807) is 18.3 Å². The summed E-state index contributed by atoms with van der Waals surface area (Å²) in [6.07, 6.45) is 1.72. The maximum atomic E-state index is 11.9. The molecule has 1 aliphatic rings. The monoisotopic (exact) mass is 419 g/mol. The van der Waals surface area contributed by atoms with E-state index in [0.717, 1.165) is 38.5 Å². The van der Waals surface area contributed by atoms with Crippen molar-refractivity contribution in [3.05, 3.63) is 64.7 Å². The number of aromatic carboxylic acids is 1. The number of hydrogen-bond acceptors (Lipinski definition) is 7. The van der Waals surface area contributed by atoms with Crippen LogP contribution in [0.5, 0.6) is 11.5 Å². The fourth-order valence-electron chi connectivity index (χ4n) is 3.39. The number of carbonyl (C=O) groups is 1. The first kappa shape index (κ1) is 18.4. The van der Waals surface area contributed by atoms with Crippen molar-refractivity contribution >= 4 is 33.2 Å². The van der Waals surface area contributed by atoms with Gasteiger partial charge in [-0.05, 0) is 53.8 Å². The molecule has 3 heterocycles. The molecule has 0 atom stereocenters. The van der Waals surface area contributed by atoms with Crippen molar-refractivity contribution in [3.8, 4) is 22.9 Å². The van der Waals surface area contributed by atoms with Gasteiger partial charge >= 0.3 is 5.97 Å². The Bertz CT molecular complexity index is 1280. The minimum atomic E-state index is -1.01. The van der Waals surface area contributed by atoms with Crippen LogP contribution in [0, 0.1) is 6.92 Å². The number of hydrogen-bond donors (Lipinski definition) is 2.